The van der Waals surface area contributed by atoms with Crippen molar-refractivity contribution in [2.24, 2.45) is 28.6 Å². The molecule has 3 saturated carbocycles. The van der Waals surface area contributed by atoms with Crippen molar-refractivity contribution < 1.29 is 32.3 Å². The number of carbonyl (C=O) groups excluding carboxylic acids is 3. The minimum Gasteiger partial charge on any atom is -0.455 e. The molecule has 0 aromatic heterocycles. The highest BCUT2D eigenvalue weighted by molar-refractivity contribution is 5.96. The Morgan fingerprint density at radius 1 is 1.07 bits per heavy atom. The molecule has 7 heteroatoms. The quantitative estimate of drug-likeness (QED) is 0.622. The monoisotopic (exact) mass is 398 g/mol. The van der Waals surface area contributed by atoms with Crippen LogP contribution in [0.3, 0.4) is 0 Å². The smallest absolute Gasteiger partial charge is 0.455 e. The van der Waals surface area contributed by atoms with Crippen LogP contribution < -0.4 is 0 Å². The Bertz CT molecular complexity index is 770. The van der Waals surface area contributed by atoms with Crippen LogP contribution >= 0.6 is 0 Å². The molecule has 0 N–H and O–H groups in total. The molecule has 0 aliphatic heterocycles. The van der Waals surface area contributed by atoms with Crippen LogP contribution in [-0.4, -0.2) is 29.8 Å². The van der Waals surface area contributed by atoms with E-state index >= 15 is 0 Å². The van der Waals surface area contributed by atoms with E-state index < -0.39 is 23.7 Å². The molecule has 4 nitrogen and oxygen atoms in total. The summed E-state index contributed by atoms with van der Waals surface area (Å²) < 4.78 is 42.2. The Hall–Kier alpha value is -1.66. The van der Waals surface area contributed by atoms with Gasteiger partial charge in [-0.3, -0.25) is 9.59 Å². The molecule has 4 aliphatic carbocycles. The predicted molar refractivity (Wildman–Crippen MR) is 93.0 cm³/mol. The zero-order chi connectivity index (χ0) is 20.5. The van der Waals surface area contributed by atoms with Crippen LogP contribution in [-0.2, 0) is 19.1 Å². The Morgan fingerprint density at radius 2 is 1.71 bits per heavy atom. The summed E-state index contributed by atoms with van der Waals surface area (Å²) >= 11 is 0. The van der Waals surface area contributed by atoms with Crippen molar-refractivity contribution in [2.75, 3.05) is 0 Å². The first kappa shape index (κ1) is 19.6. The average molecular weight is 398 g/mol. The highest BCUT2D eigenvalue weighted by Crippen LogP contribution is 2.63. The number of Topliss-reactive ketones (excluding diaryl/α,β-unsaturated/α-hetero) is 1. The summed E-state index contributed by atoms with van der Waals surface area (Å²) in [6.45, 7) is 4.08. The van der Waals surface area contributed by atoms with Crippen molar-refractivity contribution in [1.82, 2.24) is 0 Å². The second kappa shape index (κ2) is 6.17. The Kier molecular flexibility index (Phi) is 4.33. The van der Waals surface area contributed by atoms with Crippen molar-refractivity contribution in [3.8, 4) is 0 Å². The second-order valence-corrected chi connectivity index (χ2v) is 9.41. The number of ether oxygens (including phenoxy) is 1. The lowest BCUT2D eigenvalue weighted by Crippen LogP contribution is -2.53. The summed E-state index contributed by atoms with van der Waals surface area (Å²) in [6.07, 6.45) is -0.346. The van der Waals surface area contributed by atoms with Crippen molar-refractivity contribution in [1.29, 1.82) is 0 Å². The summed E-state index contributed by atoms with van der Waals surface area (Å²) in [6, 6.07) is 0. The average Bonchev–Trinajstić information content (AvgIpc) is 2.91. The number of hydrogen-bond acceptors (Lipinski definition) is 4. The molecule has 0 aromatic rings. The molecule has 4 aliphatic rings. The molecular formula is C21H25F3O4. The van der Waals surface area contributed by atoms with Gasteiger partial charge in [0.05, 0.1) is 0 Å². The van der Waals surface area contributed by atoms with Crippen molar-refractivity contribution >= 4 is 17.5 Å². The third kappa shape index (κ3) is 2.76. The molecule has 28 heavy (non-hydrogen) atoms. The molecule has 3 fully saturated rings. The number of ketones is 2. The van der Waals surface area contributed by atoms with Gasteiger partial charge in [-0.1, -0.05) is 19.4 Å². The molecule has 3 unspecified atom stereocenters. The number of allylic oxidation sites excluding steroid dienone is 1. The molecule has 0 amide bonds. The van der Waals surface area contributed by atoms with Gasteiger partial charge in [0.2, 0.25) is 0 Å². The highest BCUT2D eigenvalue weighted by Gasteiger charge is 2.61. The maximum absolute atomic E-state index is 13.0. The maximum atomic E-state index is 13.0. The lowest BCUT2D eigenvalue weighted by molar-refractivity contribution is -0.206. The van der Waals surface area contributed by atoms with Gasteiger partial charge < -0.3 is 4.74 Å². The van der Waals surface area contributed by atoms with Crippen LogP contribution in [0.1, 0.15) is 58.8 Å². The first-order valence-corrected chi connectivity index (χ1v) is 10.0. The van der Waals surface area contributed by atoms with Gasteiger partial charge in [0.1, 0.15) is 11.9 Å². The van der Waals surface area contributed by atoms with Gasteiger partial charge in [0.25, 0.3) is 0 Å². The highest BCUT2D eigenvalue weighted by atomic mass is 19.4. The van der Waals surface area contributed by atoms with E-state index in [-0.39, 0.29) is 41.2 Å². The largest absolute Gasteiger partial charge is 0.490 e. The fourth-order valence-corrected chi connectivity index (χ4v) is 6.46. The molecule has 0 saturated heterocycles. The number of hydrogen-bond donors (Lipinski definition) is 0. The van der Waals surface area contributed by atoms with Gasteiger partial charge in [0.15, 0.2) is 5.78 Å². The van der Waals surface area contributed by atoms with Gasteiger partial charge in [-0.2, -0.15) is 13.2 Å². The minimum absolute atomic E-state index is 0.00843. The number of halogens is 3. The van der Waals surface area contributed by atoms with E-state index in [0.717, 1.165) is 24.8 Å². The van der Waals surface area contributed by atoms with Crippen LogP contribution in [0.5, 0.6) is 0 Å². The van der Waals surface area contributed by atoms with Gasteiger partial charge in [-0.05, 0) is 55.4 Å². The number of carbonyl (C=O) groups is 3. The molecule has 0 aromatic carbocycles. The standard InChI is InChI=1S/C21H25F3O4/c1-19-7-5-12(28-18(27)21(22,23)24)9-11(19)10-15(25)17-13-3-4-16(26)20(13,2)8-6-14(17)19/h10,12-14,17H,3-9H2,1-2H3/t12-,13?,14?,17?,19-,20-/m0/s1. The van der Waals surface area contributed by atoms with E-state index in [1.165, 1.54) is 0 Å². The molecule has 0 bridgehead atoms. The molecule has 6 atom stereocenters. The molecule has 4 rings (SSSR count). The van der Waals surface area contributed by atoms with Crippen LogP contribution in [0.25, 0.3) is 0 Å². The predicted octanol–water partition coefficient (Wildman–Crippen LogP) is 4.17. The summed E-state index contributed by atoms with van der Waals surface area (Å²) in [7, 11) is 0. The lowest BCUT2D eigenvalue weighted by Gasteiger charge is -2.55. The lowest BCUT2D eigenvalue weighted by atomic mass is 9.48. The number of fused-ring (bicyclic) bond motifs is 5. The van der Waals surface area contributed by atoms with Gasteiger partial charge in [-0.25, -0.2) is 4.79 Å². The third-order valence-corrected chi connectivity index (χ3v) is 8.11. The van der Waals surface area contributed by atoms with Crippen LogP contribution in [0.2, 0.25) is 0 Å². The van der Waals surface area contributed by atoms with E-state index in [4.69, 9.17) is 0 Å². The third-order valence-electron chi connectivity index (χ3n) is 8.11. The van der Waals surface area contributed by atoms with Crippen molar-refractivity contribution in [3.63, 3.8) is 0 Å². The van der Waals surface area contributed by atoms with Crippen LogP contribution in [0.15, 0.2) is 11.6 Å². The van der Waals surface area contributed by atoms with E-state index in [9.17, 15) is 27.6 Å². The zero-order valence-electron chi connectivity index (χ0n) is 16.1. The van der Waals surface area contributed by atoms with E-state index in [2.05, 4.69) is 11.7 Å². The fraction of sp³-hybridized carbons (Fsp3) is 0.762. The van der Waals surface area contributed by atoms with Gasteiger partial charge >= 0.3 is 12.1 Å². The Morgan fingerprint density at radius 3 is 2.39 bits per heavy atom. The topological polar surface area (TPSA) is 60.4 Å². The summed E-state index contributed by atoms with van der Waals surface area (Å²) in [5.41, 5.74) is 0.0999. The number of rotatable bonds is 1. The second-order valence-electron chi connectivity index (χ2n) is 9.41. The van der Waals surface area contributed by atoms with E-state index in [1.807, 2.05) is 6.92 Å². The van der Waals surface area contributed by atoms with Gasteiger partial charge in [0, 0.05) is 24.2 Å². The van der Waals surface area contributed by atoms with Crippen LogP contribution in [0, 0.1) is 28.6 Å². The Balaban J connectivity index is 1.59. The normalized spacial score (nSPS) is 43.0. The molecular weight excluding hydrogens is 373 g/mol. The molecule has 0 heterocycles. The first-order valence-electron chi connectivity index (χ1n) is 10.0. The van der Waals surface area contributed by atoms with Crippen molar-refractivity contribution in [2.45, 2.75) is 71.1 Å². The molecule has 0 radical (unpaired) electrons. The summed E-state index contributed by atoms with van der Waals surface area (Å²) in [5, 5.41) is 0. The summed E-state index contributed by atoms with van der Waals surface area (Å²) in [5.74, 6) is -1.95. The van der Waals surface area contributed by atoms with Gasteiger partial charge in [-0.15, -0.1) is 0 Å². The van der Waals surface area contributed by atoms with Crippen LogP contribution in [0.4, 0.5) is 13.2 Å². The molecule has 154 valence electrons. The maximum Gasteiger partial charge on any atom is 0.490 e. The van der Waals surface area contributed by atoms with E-state index in [0.29, 0.717) is 19.3 Å². The van der Waals surface area contributed by atoms with E-state index in [1.54, 1.807) is 6.08 Å². The number of alkyl halides is 3. The Labute approximate surface area is 161 Å². The summed E-state index contributed by atoms with van der Waals surface area (Å²) in [4.78, 5) is 36.7. The first-order chi connectivity index (χ1) is 13.0. The van der Waals surface area contributed by atoms with Crippen molar-refractivity contribution in [3.05, 3.63) is 11.6 Å². The fourth-order valence-electron chi connectivity index (χ4n) is 6.46. The minimum atomic E-state index is -5.01. The zero-order valence-corrected chi connectivity index (χ0v) is 16.1. The molecule has 0 spiro atoms. The SMILES string of the molecule is C[C@]12CC[C@H](OC(=O)C(F)(F)F)CC1=CC(=O)C1C2CC[C@]2(C)C(=O)CCC12. The number of esters is 1.